The molecule has 6 fully saturated rings. The van der Waals surface area contributed by atoms with Crippen molar-refractivity contribution in [3.63, 3.8) is 0 Å². The average molecular weight is 1010 g/mol. The van der Waals surface area contributed by atoms with Gasteiger partial charge in [-0.3, -0.25) is 19.4 Å². The third-order valence-electron chi connectivity index (χ3n) is 15.5. The minimum absolute atomic E-state index is 0.00572. The number of likely N-dealkylation sites (tertiary alicyclic amines) is 4. The third-order valence-corrected chi connectivity index (χ3v) is 16.0. The Kier molecular flexibility index (Phi) is 17.6. The maximum absolute atomic E-state index is 12.5. The lowest BCUT2D eigenvalue weighted by atomic mass is 9.78. The highest BCUT2D eigenvalue weighted by molar-refractivity contribution is 6.31. The zero-order chi connectivity index (χ0) is 50.4. The lowest BCUT2D eigenvalue weighted by Gasteiger charge is -2.39. The molecule has 0 aliphatic carbocycles. The third kappa shape index (κ3) is 14.4. The second-order valence-corrected chi connectivity index (χ2v) is 23.9. The Hall–Kier alpha value is -3.98. The molecule has 14 nitrogen and oxygen atoms in total. The number of nitrogens with zero attached hydrogens (tertiary/aromatic N) is 6. The second kappa shape index (κ2) is 22.8. The summed E-state index contributed by atoms with van der Waals surface area (Å²) >= 11 is 12.8. The average Bonchev–Trinajstić information content (AvgIpc) is 3.89. The number of aliphatic carboxylic acids is 1. The largest absolute Gasteiger partial charge is 0.481 e. The van der Waals surface area contributed by atoms with Gasteiger partial charge in [-0.25, -0.2) is 9.59 Å². The highest BCUT2D eigenvalue weighted by Crippen LogP contribution is 2.44. The topological polar surface area (TPSA) is 136 Å². The first-order chi connectivity index (χ1) is 33.1. The molecule has 6 aliphatic heterocycles. The number of esters is 1. The van der Waals surface area contributed by atoms with Crippen molar-refractivity contribution in [3.05, 3.63) is 57.6 Å². The quantitative estimate of drug-likeness (QED) is 0.189. The number of carbonyl (C=O) groups excluding carboxylic acids is 3. The molecule has 8 rings (SSSR count). The van der Waals surface area contributed by atoms with Gasteiger partial charge in [-0.2, -0.15) is 0 Å². The van der Waals surface area contributed by atoms with E-state index in [9.17, 15) is 24.3 Å². The minimum Gasteiger partial charge on any atom is -0.481 e. The number of benzene rings is 2. The SMILES string of the molecule is CC(C)(C)OC(=O)N1CCC2(CCN(Cc3ccc(Cl)cc3N3CCC(C(=O)O)CC3)C2)CC1.CCOC(=O)C1CCN(c2cc(Cl)ccc2CN2CCC3(CCN(C(=O)OC(C)(C)C)CC3)C2)CC1. The van der Waals surface area contributed by atoms with Crippen molar-refractivity contribution in [1.82, 2.24) is 19.6 Å². The van der Waals surface area contributed by atoms with E-state index in [-0.39, 0.29) is 40.8 Å². The van der Waals surface area contributed by atoms with Crippen molar-refractivity contribution in [2.24, 2.45) is 22.7 Å². The fourth-order valence-corrected chi connectivity index (χ4v) is 11.9. The number of piperidine rings is 4. The molecule has 2 amide bonds. The number of halogens is 2. The molecular weight excluding hydrogens is 932 g/mol. The molecule has 0 saturated carbocycles. The fraction of sp³-hybridized carbons (Fsp3) is 0.704. The van der Waals surface area contributed by atoms with Gasteiger partial charge in [0.05, 0.1) is 18.4 Å². The molecular formula is C54H80Cl2N6O8. The number of hydrogen-bond donors (Lipinski definition) is 1. The lowest BCUT2D eigenvalue weighted by Crippen LogP contribution is -2.46. The summed E-state index contributed by atoms with van der Waals surface area (Å²) in [7, 11) is 0. The highest BCUT2D eigenvalue weighted by Gasteiger charge is 2.44. The molecule has 16 heteroatoms. The first-order valence-electron chi connectivity index (χ1n) is 26.0. The number of anilines is 2. The van der Waals surface area contributed by atoms with Crippen LogP contribution in [0.5, 0.6) is 0 Å². The van der Waals surface area contributed by atoms with E-state index in [1.54, 1.807) is 0 Å². The first-order valence-corrected chi connectivity index (χ1v) is 26.7. The van der Waals surface area contributed by atoms with Crippen LogP contribution in [0.1, 0.15) is 124 Å². The van der Waals surface area contributed by atoms with Crippen LogP contribution >= 0.6 is 23.2 Å². The van der Waals surface area contributed by atoms with Crippen molar-refractivity contribution in [3.8, 4) is 0 Å². The number of carbonyl (C=O) groups is 4. The zero-order valence-electron chi connectivity index (χ0n) is 43.0. The standard InChI is InChI=1S/C28H42ClN3O4.C26H38ClN3O4/c1-5-35-25(33)21-8-13-31(14-9-21)24-18-23(29)7-6-22(24)19-30-15-10-28(20-30)11-16-32(17-12-28)26(34)36-27(2,3)4;1-25(2,3)34-24(33)30-14-9-26(10-15-30)8-13-28(18-26)17-20-4-5-21(27)16-22(20)29-11-6-19(7-12-29)23(31)32/h6-7,18,21H,5,8-17,19-20H2,1-4H3;4-5,16,19H,6-15,17-18H2,1-3H3,(H,31,32). The Labute approximate surface area is 427 Å². The Morgan fingerprint density at radius 2 is 0.957 bits per heavy atom. The summed E-state index contributed by atoms with van der Waals surface area (Å²) in [5.74, 6) is -1.01. The number of rotatable bonds is 9. The van der Waals surface area contributed by atoms with Crippen LogP contribution < -0.4 is 9.80 Å². The maximum Gasteiger partial charge on any atom is 0.410 e. The van der Waals surface area contributed by atoms with Crippen LogP contribution in [0.3, 0.4) is 0 Å². The molecule has 6 aliphatic rings. The summed E-state index contributed by atoms with van der Waals surface area (Å²) in [5.41, 5.74) is 4.49. The van der Waals surface area contributed by atoms with Gasteiger partial charge in [0.25, 0.3) is 0 Å². The molecule has 2 spiro atoms. The van der Waals surface area contributed by atoms with Gasteiger partial charge in [0.2, 0.25) is 0 Å². The van der Waals surface area contributed by atoms with E-state index in [2.05, 4.69) is 37.8 Å². The van der Waals surface area contributed by atoms with E-state index in [0.29, 0.717) is 24.5 Å². The first kappa shape index (κ1) is 53.8. The van der Waals surface area contributed by atoms with Gasteiger partial charge in [0, 0.05) is 100.0 Å². The van der Waals surface area contributed by atoms with Crippen LogP contribution in [0.15, 0.2) is 36.4 Å². The van der Waals surface area contributed by atoms with E-state index in [4.69, 9.17) is 37.4 Å². The Morgan fingerprint density at radius 1 is 0.586 bits per heavy atom. The van der Waals surface area contributed by atoms with Crippen molar-refractivity contribution < 1.29 is 38.5 Å². The summed E-state index contributed by atoms with van der Waals surface area (Å²) in [6, 6.07) is 12.3. The van der Waals surface area contributed by atoms with E-state index >= 15 is 0 Å². The molecule has 0 bridgehead atoms. The smallest absolute Gasteiger partial charge is 0.410 e. The van der Waals surface area contributed by atoms with Crippen molar-refractivity contribution in [2.75, 3.05) is 94.9 Å². The molecule has 0 radical (unpaired) electrons. The van der Waals surface area contributed by atoms with Gasteiger partial charge < -0.3 is 38.9 Å². The summed E-state index contributed by atoms with van der Waals surface area (Å²) in [6.07, 6.45) is 8.97. The van der Waals surface area contributed by atoms with Gasteiger partial charge in [-0.15, -0.1) is 0 Å². The van der Waals surface area contributed by atoms with Crippen molar-refractivity contribution >= 4 is 58.7 Å². The van der Waals surface area contributed by atoms with E-state index in [1.807, 2.05) is 76.5 Å². The van der Waals surface area contributed by atoms with Gasteiger partial charge >= 0.3 is 24.1 Å². The van der Waals surface area contributed by atoms with E-state index < -0.39 is 17.2 Å². The Morgan fingerprint density at radius 3 is 1.31 bits per heavy atom. The molecule has 2 aromatic rings. The maximum atomic E-state index is 12.5. The summed E-state index contributed by atoms with van der Waals surface area (Å²) in [6.45, 7) is 25.9. The molecule has 0 atom stereocenters. The van der Waals surface area contributed by atoms with Gasteiger partial charge in [0.1, 0.15) is 11.2 Å². The van der Waals surface area contributed by atoms with Gasteiger partial charge in [0.15, 0.2) is 0 Å². The van der Waals surface area contributed by atoms with Crippen LogP contribution in [0.4, 0.5) is 21.0 Å². The molecule has 1 N–H and O–H groups in total. The van der Waals surface area contributed by atoms with Crippen LogP contribution in [0.2, 0.25) is 10.0 Å². The predicted octanol–water partition coefficient (Wildman–Crippen LogP) is 10.2. The normalized spacial score (nSPS) is 21.4. The van der Waals surface area contributed by atoms with E-state index in [0.717, 1.165) is 147 Å². The zero-order valence-corrected chi connectivity index (χ0v) is 44.6. The molecule has 388 valence electrons. The number of carboxylic acid groups (broad SMARTS) is 1. The molecule has 0 aromatic heterocycles. The number of ether oxygens (including phenoxy) is 3. The van der Waals surface area contributed by atoms with Crippen LogP contribution in [0.25, 0.3) is 0 Å². The minimum atomic E-state index is -0.689. The Balaban J connectivity index is 0.000000207. The Bertz CT molecular complexity index is 2130. The van der Waals surface area contributed by atoms with Crippen LogP contribution in [-0.2, 0) is 36.9 Å². The summed E-state index contributed by atoms with van der Waals surface area (Å²) < 4.78 is 16.4. The van der Waals surface area contributed by atoms with Gasteiger partial charge in [-0.05, 0) is 172 Å². The van der Waals surface area contributed by atoms with Crippen LogP contribution in [-0.4, -0.2) is 145 Å². The van der Waals surface area contributed by atoms with Crippen LogP contribution in [0, 0.1) is 22.7 Å². The number of hydrogen-bond acceptors (Lipinski definition) is 11. The molecule has 0 unspecified atom stereocenters. The molecule has 6 heterocycles. The van der Waals surface area contributed by atoms with Crippen molar-refractivity contribution in [1.29, 1.82) is 0 Å². The van der Waals surface area contributed by atoms with Gasteiger partial charge in [-0.1, -0.05) is 35.3 Å². The number of carboxylic acids is 1. The fourth-order valence-electron chi connectivity index (χ4n) is 11.5. The van der Waals surface area contributed by atoms with Crippen molar-refractivity contribution in [2.45, 2.75) is 137 Å². The monoisotopic (exact) mass is 1010 g/mol. The lowest BCUT2D eigenvalue weighted by molar-refractivity contribution is -0.148. The summed E-state index contributed by atoms with van der Waals surface area (Å²) in [5, 5.41) is 10.8. The second-order valence-electron chi connectivity index (χ2n) is 23.0. The number of amides is 2. The van der Waals surface area contributed by atoms with E-state index in [1.165, 1.54) is 23.2 Å². The summed E-state index contributed by atoms with van der Waals surface area (Å²) in [4.78, 5) is 61.9. The highest BCUT2D eigenvalue weighted by atomic mass is 35.5. The molecule has 6 saturated heterocycles. The molecule has 70 heavy (non-hydrogen) atoms. The predicted molar refractivity (Wildman–Crippen MR) is 276 cm³/mol. The molecule has 2 aromatic carbocycles.